The third-order valence-electron chi connectivity index (χ3n) is 5.09. The summed E-state index contributed by atoms with van der Waals surface area (Å²) in [7, 11) is 0. The number of aryl methyl sites for hydroxylation is 1. The second-order valence-electron chi connectivity index (χ2n) is 7.80. The number of rotatable bonds is 11. The van der Waals surface area contributed by atoms with Crippen LogP contribution in [0.3, 0.4) is 0 Å². The highest BCUT2D eigenvalue weighted by atomic mass is 16.6. The minimum atomic E-state index is -1.30. The minimum Gasteiger partial charge on any atom is -0.445 e. The number of alkyl carbamates (subject to hydrolysis) is 1. The maximum absolute atomic E-state index is 12.7. The lowest BCUT2D eigenvalue weighted by Crippen LogP contribution is -2.46. The monoisotopic (exact) mass is 462 g/mol. The molecule has 0 saturated heterocycles. The zero-order valence-electron chi connectivity index (χ0n) is 19.0. The maximum atomic E-state index is 12.7. The highest BCUT2D eigenvalue weighted by Crippen LogP contribution is 2.08. The Morgan fingerprint density at radius 1 is 0.765 bits per heavy atom. The van der Waals surface area contributed by atoms with Crippen molar-refractivity contribution in [1.29, 1.82) is 0 Å². The lowest BCUT2D eigenvalue weighted by molar-refractivity contribution is 0.0508. The fourth-order valence-electron chi connectivity index (χ4n) is 3.34. The number of hydrogen-bond acceptors (Lipinski definition) is 5. The molecule has 0 bridgehead atoms. The fraction of sp³-hybridized carbons (Fsp3) is 0.259. The zero-order chi connectivity index (χ0) is 24.0. The van der Waals surface area contributed by atoms with Gasteiger partial charge in [-0.3, -0.25) is 5.32 Å². The van der Waals surface area contributed by atoms with Gasteiger partial charge < -0.3 is 19.5 Å². The fourth-order valence-corrected chi connectivity index (χ4v) is 3.34. The molecule has 0 radical (unpaired) electrons. The van der Waals surface area contributed by atoms with Crippen molar-refractivity contribution in [3.63, 3.8) is 0 Å². The van der Waals surface area contributed by atoms with Crippen LogP contribution in [0.4, 0.5) is 9.59 Å². The van der Waals surface area contributed by atoms with Crippen molar-refractivity contribution < 1.29 is 24.2 Å². The normalized spacial score (nSPS) is 11.3. The SMILES string of the molecule is O=C(NC(O)CN(CCCc1ccccc1)C(=O)OCc1ccccc1)OCc1ccccc1. The first-order chi connectivity index (χ1) is 16.6. The number of aliphatic hydroxyl groups excluding tert-OH is 1. The molecule has 0 aromatic heterocycles. The van der Waals surface area contributed by atoms with E-state index in [1.807, 2.05) is 91.0 Å². The molecule has 2 N–H and O–H groups in total. The Balaban J connectivity index is 1.51. The van der Waals surface area contributed by atoms with Crippen molar-refractivity contribution in [1.82, 2.24) is 10.2 Å². The number of nitrogens with one attached hydrogen (secondary N) is 1. The van der Waals surface area contributed by atoms with E-state index in [1.165, 1.54) is 4.90 Å². The molecule has 3 aromatic carbocycles. The Morgan fingerprint density at radius 3 is 1.82 bits per heavy atom. The van der Waals surface area contributed by atoms with E-state index >= 15 is 0 Å². The molecule has 0 aliphatic rings. The molecule has 0 fully saturated rings. The summed E-state index contributed by atoms with van der Waals surface area (Å²) in [6, 6.07) is 28.5. The van der Waals surface area contributed by atoms with Gasteiger partial charge in [0.05, 0.1) is 6.54 Å². The summed E-state index contributed by atoms with van der Waals surface area (Å²) < 4.78 is 10.6. The van der Waals surface area contributed by atoms with Crippen LogP contribution in [0.2, 0.25) is 0 Å². The van der Waals surface area contributed by atoms with Crippen LogP contribution in [0, 0.1) is 0 Å². The van der Waals surface area contributed by atoms with E-state index in [0.717, 1.165) is 23.1 Å². The van der Waals surface area contributed by atoms with E-state index in [-0.39, 0.29) is 19.8 Å². The molecule has 0 heterocycles. The molecule has 0 aliphatic heterocycles. The quantitative estimate of drug-likeness (QED) is 0.410. The molecular formula is C27H30N2O5. The van der Waals surface area contributed by atoms with Gasteiger partial charge in [0.15, 0.2) is 0 Å². The van der Waals surface area contributed by atoms with Crippen LogP contribution in [-0.2, 0) is 29.1 Å². The molecule has 0 saturated carbocycles. The smallest absolute Gasteiger partial charge is 0.410 e. The summed E-state index contributed by atoms with van der Waals surface area (Å²) in [4.78, 5) is 26.2. The molecule has 3 rings (SSSR count). The van der Waals surface area contributed by atoms with Gasteiger partial charge in [-0.2, -0.15) is 0 Å². The zero-order valence-corrected chi connectivity index (χ0v) is 19.0. The first kappa shape index (κ1) is 24.8. The summed E-state index contributed by atoms with van der Waals surface area (Å²) in [6.45, 7) is 0.444. The second-order valence-corrected chi connectivity index (χ2v) is 7.80. The van der Waals surface area contributed by atoms with E-state index in [4.69, 9.17) is 9.47 Å². The Morgan fingerprint density at radius 2 is 1.26 bits per heavy atom. The summed E-state index contributed by atoms with van der Waals surface area (Å²) in [5.74, 6) is 0. The van der Waals surface area contributed by atoms with E-state index in [9.17, 15) is 14.7 Å². The van der Waals surface area contributed by atoms with E-state index < -0.39 is 18.4 Å². The first-order valence-electron chi connectivity index (χ1n) is 11.2. The van der Waals surface area contributed by atoms with Crippen LogP contribution in [0.5, 0.6) is 0 Å². The first-order valence-corrected chi connectivity index (χ1v) is 11.2. The number of hydrogen-bond donors (Lipinski definition) is 2. The molecule has 1 unspecified atom stereocenters. The van der Waals surface area contributed by atoms with Crippen molar-refractivity contribution >= 4 is 12.2 Å². The number of nitrogens with zero attached hydrogens (tertiary/aromatic N) is 1. The third kappa shape index (κ3) is 8.96. The van der Waals surface area contributed by atoms with Crippen LogP contribution in [0.15, 0.2) is 91.0 Å². The Bertz CT molecular complexity index is 999. The van der Waals surface area contributed by atoms with Gasteiger partial charge in [0.2, 0.25) is 0 Å². The third-order valence-corrected chi connectivity index (χ3v) is 5.09. The molecule has 0 aliphatic carbocycles. The van der Waals surface area contributed by atoms with Crippen molar-refractivity contribution in [2.45, 2.75) is 32.3 Å². The van der Waals surface area contributed by atoms with Gasteiger partial charge in [-0.25, -0.2) is 9.59 Å². The van der Waals surface area contributed by atoms with Crippen molar-refractivity contribution in [2.75, 3.05) is 13.1 Å². The summed E-state index contributed by atoms with van der Waals surface area (Å²) >= 11 is 0. The number of carbonyl (C=O) groups excluding carboxylic acids is 2. The average molecular weight is 463 g/mol. The molecule has 34 heavy (non-hydrogen) atoms. The van der Waals surface area contributed by atoms with Crippen molar-refractivity contribution in [3.8, 4) is 0 Å². The van der Waals surface area contributed by atoms with Gasteiger partial charge in [0.25, 0.3) is 0 Å². The number of amides is 2. The van der Waals surface area contributed by atoms with Crippen molar-refractivity contribution in [3.05, 3.63) is 108 Å². The van der Waals surface area contributed by atoms with Gasteiger partial charge in [0.1, 0.15) is 19.4 Å². The average Bonchev–Trinajstić information content (AvgIpc) is 2.87. The molecule has 7 heteroatoms. The topological polar surface area (TPSA) is 88.1 Å². The van der Waals surface area contributed by atoms with Crippen LogP contribution in [-0.4, -0.2) is 41.5 Å². The van der Waals surface area contributed by atoms with E-state index in [1.54, 1.807) is 0 Å². The minimum absolute atomic E-state index is 0.0826. The lowest BCUT2D eigenvalue weighted by Gasteiger charge is -2.25. The van der Waals surface area contributed by atoms with Gasteiger partial charge in [-0.15, -0.1) is 0 Å². The van der Waals surface area contributed by atoms with Crippen LogP contribution in [0.1, 0.15) is 23.1 Å². The number of benzene rings is 3. The van der Waals surface area contributed by atoms with Crippen molar-refractivity contribution in [2.24, 2.45) is 0 Å². The lowest BCUT2D eigenvalue weighted by atomic mass is 10.1. The molecule has 3 aromatic rings. The molecule has 178 valence electrons. The summed E-state index contributed by atoms with van der Waals surface area (Å²) in [5, 5.41) is 12.7. The van der Waals surface area contributed by atoms with Gasteiger partial charge in [0, 0.05) is 6.54 Å². The predicted octanol–water partition coefficient (Wildman–Crippen LogP) is 4.50. The maximum Gasteiger partial charge on any atom is 0.410 e. The molecular weight excluding hydrogens is 432 g/mol. The number of carbonyl (C=O) groups is 2. The largest absolute Gasteiger partial charge is 0.445 e. The van der Waals surface area contributed by atoms with Crippen LogP contribution < -0.4 is 5.32 Å². The molecule has 0 spiro atoms. The van der Waals surface area contributed by atoms with Crippen LogP contribution in [0.25, 0.3) is 0 Å². The highest BCUT2D eigenvalue weighted by Gasteiger charge is 2.20. The van der Waals surface area contributed by atoms with E-state index in [2.05, 4.69) is 5.32 Å². The van der Waals surface area contributed by atoms with Gasteiger partial charge in [-0.1, -0.05) is 91.0 Å². The Labute approximate surface area is 199 Å². The Hall–Kier alpha value is -3.84. The number of ether oxygens (including phenoxy) is 2. The second kappa shape index (κ2) is 13.6. The Kier molecular flexibility index (Phi) is 9.95. The molecule has 1 atom stereocenters. The standard InChI is InChI=1S/C27H30N2O5/c30-25(28-26(31)33-20-23-13-6-2-7-14-23)19-29(18-10-17-22-11-4-1-5-12-22)27(32)34-21-24-15-8-3-9-16-24/h1-9,11-16,25,30H,10,17-21H2,(H,28,31). The summed E-state index contributed by atoms with van der Waals surface area (Å²) in [5.41, 5.74) is 2.85. The van der Waals surface area contributed by atoms with E-state index in [0.29, 0.717) is 13.0 Å². The molecule has 2 amide bonds. The van der Waals surface area contributed by atoms with Crippen LogP contribution >= 0.6 is 0 Å². The predicted molar refractivity (Wildman–Crippen MR) is 129 cm³/mol. The molecule has 7 nitrogen and oxygen atoms in total. The number of aliphatic hydroxyl groups is 1. The summed E-state index contributed by atoms with van der Waals surface area (Å²) in [6.07, 6.45) is -1.18. The van der Waals surface area contributed by atoms with Gasteiger partial charge in [-0.05, 0) is 29.5 Å². The highest BCUT2D eigenvalue weighted by molar-refractivity contribution is 5.69. The van der Waals surface area contributed by atoms with Gasteiger partial charge >= 0.3 is 12.2 Å².